The molecule has 0 radical (unpaired) electrons. The summed E-state index contributed by atoms with van der Waals surface area (Å²) >= 11 is 0. The molecule has 0 saturated carbocycles. The lowest BCUT2D eigenvalue weighted by Crippen LogP contribution is -2.48. The standard InChI is InChI=1S/C24H30N2O2/c1-24(2,3)25-22(27)20-14-16-26(17-15-20)23(28)21(18-10-6-4-7-11-18)19-12-8-5-9-13-19/h4-13,20-21H,14-17H2,1-3H3,(H,25,27). The smallest absolute Gasteiger partial charge is 0.234 e. The van der Waals surface area contributed by atoms with E-state index in [0.29, 0.717) is 25.9 Å². The van der Waals surface area contributed by atoms with Crippen LogP contribution in [0, 0.1) is 5.92 Å². The Kier molecular flexibility index (Phi) is 6.18. The first-order valence-electron chi connectivity index (χ1n) is 10.1. The minimum Gasteiger partial charge on any atom is -0.351 e. The second kappa shape index (κ2) is 8.59. The predicted molar refractivity (Wildman–Crippen MR) is 112 cm³/mol. The molecule has 2 amide bonds. The summed E-state index contributed by atoms with van der Waals surface area (Å²) in [5.74, 6) is -0.105. The summed E-state index contributed by atoms with van der Waals surface area (Å²) in [6, 6.07) is 19.9. The van der Waals surface area contributed by atoms with Crippen LogP contribution in [-0.4, -0.2) is 35.3 Å². The van der Waals surface area contributed by atoms with Gasteiger partial charge in [-0.1, -0.05) is 60.7 Å². The molecule has 2 aromatic rings. The van der Waals surface area contributed by atoms with Crippen molar-refractivity contribution in [2.24, 2.45) is 5.92 Å². The quantitative estimate of drug-likeness (QED) is 0.875. The number of hydrogen-bond acceptors (Lipinski definition) is 2. The highest BCUT2D eigenvalue weighted by Gasteiger charge is 2.33. The van der Waals surface area contributed by atoms with Gasteiger partial charge in [0, 0.05) is 24.5 Å². The molecule has 148 valence electrons. The zero-order valence-electron chi connectivity index (χ0n) is 17.0. The number of amides is 2. The van der Waals surface area contributed by atoms with Crippen molar-refractivity contribution in [3.05, 3.63) is 71.8 Å². The number of carbonyl (C=O) groups is 2. The maximum Gasteiger partial charge on any atom is 0.234 e. The van der Waals surface area contributed by atoms with E-state index in [0.717, 1.165) is 11.1 Å². The van der Waals surface area contributed by atoms with Gasteiger partial charge in [0.25, 0.3) is 0 Å². The molecular formula is C24H30N2O2. The average molecular weight is 379 g/mol. The van der Waals surface area contributed by atoms with Gasteiger partial charge in [0.05, 0.1) is 5.92 Å². The highest BCUT2D eigenvalue weighted by Crippen LogP contribution is 2.29. The van der Waals surface area contributed by atoms with Gasteiger partial charge < -0.3 is 10.2 Å². The maximum atomic E-state index is 13.4. The van der Waals surface area contributed by atoms with Gasteiger partial charge in [-0.3, -0.25) is 9.59 Å². The van der Waals surface area contributed by atoms with Crippen LogP contribution in [0.3, 0.4) is 0 Å². The van der Waals surface area contributed by atoms with Crippen LogP contribution in [0.5, 0.6) is 0 Å². The maximum absolute atomic E-state index is 13.4. The van der Waals surface area contributed by atoms with Crippen molar-refractivity contribution in [3.63, 3.8) is 0 Å². The summed E-state index contributed by atoms with van der Waals surface area (Å²) in [6.07, 6.45) is 1.42. The highest BCUT2D eigenvalue weighted by atomic mass is 16.2. The molecule has 0 aliphatic carbocycles. The lowest BCUT2D eigenvalue weighted by molar-refractivity contribution is -0.136. The third kappa shape index (κ3) is 5.00. The fourth-order valence-corrected chi connectivity index (χ4v) is 3.78. The third-order valence-electron chi connectivity index (χ3n) is 5.19. The molecule has 0 aromatic heterocycles. The van der Waals surface area contributed by atoms with E-state index in [1.807, 2.05) is 86.3 Å². The summed E-state index contributed by atoms with van der Waals surface area (Å²) in [4.78, 5) is 27.8. The van der Waals surface area contributed by atoms with E-state index in [9.17, 15) is 9.59 Å². The molecule has 2 aromatic carbocycles. The number of nitrogens with zero attached hydrogens (tertiary/aromatic N) is 1. The molecule has 1 heterocycles. The largest absolute Gasteiger partial charge is 0.351 e. The number of hydrogen-bond donors (Lipinski definition) is 1. The Hall–Kier alpha value is -2.62. The first-order chi connectivity index (χ1) is 13.3. The van der Waals surface area contributed by atoms with Gasteiger partial charge in [0.2, 0.25) is 11.8 Å². The first kappa shape index (κ1) is 20.1. The van der Waals surface area contributed by atoms with Crippen LogP contribution in [-0.2, 0) is 9.59 Å². The molecule has 1 aliphatic rings. The van der Waals surface area contributed by atoms with Crippen molar-refractivity contribution in [3.8, 4) is 0 Å². The van der Waals surface area contributed by atoms with Gasteiger partial charge >= 0.3 is 0 Å². The second-order valence-corrected chi connectivity index (χ2v) is 8.59. The summed E-state index contributed by atoms with van der Waals surface area (Å²) < 4.78 is 0. The predicted octanol–water partition coefficient (Wildman–Crippen LogP) is 3.97. The van der Waals surface area contributed by atoms with Crippen LogP contribution >= 0.6 is 0 Å². The molecule has 0 bridgehead atoms. The molecule has 1 saturated heterocycles. The number of nitrogens with one attached hydrogen (secondary N) is 1. The van der Waals surface area contributed by atoms with Crippen molar-refractivity contribution < 1.29 is 9.59 Å². The Morgan fingerprint density at radius 2 is 1.36 bits per heavy atom. The van der Waals surface area contributed by atoms with Crippen LogP contribution in [0.2, 0.25) is 0 Å². The third-order valence-corrected chi connectivity index (χ3v) is 5.19. The van der Waals surface area contributed by atoms with E-state index in [-0.39, 0.29) is 29.2 Å². The highest BCUT2D eigenvalue weighted by molar-refractivity contribution is 5.87. The molecule has 4 nitrogen and oxygen atoms in total. The van der Waals surface area contributed by atoms with E-state index in [2.05, 4.69) is 5.32 Å². The van der Waals surface area contributed by atoms with E-state index in [1.54, 1.807) is 0 Å². The minimum atomic E-state index is -0.303. The first-order valence-corrected chi connectivity index (χ1v) is 10.1. The molecular weight excluding hydrogens is 348 g/mol. The number of piperidine rings is 1. The number of likely N-dealkylation sites (tertiary alicyclic amines) is 1. The molecule has 1 N–H and O–H groups in total. The molecule has 28 heavy (non-hydrogen) atoms. The van der Waals surface area contributed by atoms with Crippen LogP contribution in [0.25, 0.3) is 0 Å². The van der Waals surface area contributed by atoms with Crippen molar-refractivity contribution in [2.75, 3.05) is 13.1 Å². The van der Waals surface area contributed by atoms with Crippen LogP contribution < -0.4 is 5.32 Å². The van der Waals surface area contributed by atoms with Crippen molar-refractivity contribution in [1.82, 2.24) is 10.2 Å². The fraction of sp³-hybridized carbons (Fsp3) is 0.417. The zero-order chi connectivity index (χ0) is 20.1. The van der Waals surface area contributed by atoms with Gasteiger partial charge in [0.15, 0.2) is 0 Å². The van der Waals surface area contributed by atoms with Gasteiger partial charge in [0.1, 0.15) is 0 Å². The SMILES string of the molecule is CC(C)(C)NC(=O)C1CCN(C(=O)C(c2ccccc2)c2ccccc2)CC1. The molecule has 1 fully saturated rings. The van der Waals surface area contributed by atoms with Crippen LogP contribution in [0.4, 0.5) is 0 Å². The Labute approximate surface area is 167 Å². The van der Waals surface area contributed by atoms with Crippen LogP contribution in [0.1, 0.15) is 50.7 Å². The zero-order valence-corrected chi connectivity index (χ0v) is 17.0. The molecule has 1 aliphatic heterocycles. The molecule has 0 atom stereocenters. The van der Waals surface area contributed by atoms with E-state index in [4.69, 9.17) is 0 Å². The normalized spacial score (nSPS) is 15.5. The molecule has 0 spiro atoms. The van der Waals surface area contributed by atoms with Gasteiger partial charge in [-0.05, 0) is 44.7 Å². The topological polar surface area (TPSA) is 49.4 Å². The average Bonchev–Trinajstić information content (AvgIpc) is 2.68. The van der Waals surface area contributed by atoms with E-state index >= 15 is 0 Å². The Bertz CT molecular complexity index is 749. The molecule has 3 rings (SSSR count). The van der Waals surface area contributed by atoms with Gasteiger partial charge in [-0.2, -0.15) is 0 Å². The lowest BCUT2D eigenvalue weighted by Gasteiger charge is -2.35. The number of carbonyl (C=O) groups excluding carboxylic acids is 2. The van der Waals surface area contributed by atoms with Crippen LogP contribution in [0.15, 0.2) is 60.7 Å². The van der Waals surface area contributed by atoms with E-state index < -0.39 is 0 Å². The van der Waals surface area contributed by atoms with Crippen molar-refractivity contribution >= 4 is 11.8 Å². The Morgan fingerprint density at radius 3 is 1.79 bits per heavy atom. The van der Waals surface area contributed by atoms with Crippen molar-refractivity contribution in [1.29, 1.82) is 0 Å². The van der Waals surface area contributed by atoms with Gasteiger partial charge in [-0.15, -0.1) is 0 Å². The molecule has 4 heteroatoms. The number of rotatable bonds is 4. The molecule has 0 unspecified atom stereocenters. The fourth-order valence-electron chi connectivity index (χ4n) is 3.78. The van der Waals surface area contributed by atoms with E-state index in [1.165, 1.54) is 0 Å². The monoisotopic (exact) mass is 378 g/mol. The lowest BCUT2D eigenvalue weighted by atomic mass is 9.88. The number of benzene rings is 2. The summed E-state index contributed by atoms with van der Waals surface area (Å²) in [5.41, 5.74) is 1.79. The van der Waals surface area contributed by atoms with Crippen molar-refractivity contribution in [2.45, 2.75) is 45.1 Å². The summed E-state index contributed by atoms with van der Waals surface area (Å²) in [7, 11) is 0. The minimum absolute atomic E-state index is 0.0184. The Balaban J connectivity index is 1.72. The summed E-state index contributed by atoms with van der Waals surface area (Å²) in [5, 5.41) is 3.06. The Morgan fingerprint density at radius 1 is 0.893 bits per heavy atom. The van der Waals surface area contributed by atoms with Gasteiger partial charge in [-0.25, -0.2) is 0 Å². The second-order valence-electron chi connectivity index (χ2n) is 8.59. The summed E-state index contributed by atoms with van der Waals surface area (Å²) in [6.45, 7) is 7.23.